The molecule has 7 heteroatoms. The summed E-state index contributed by atoms with van der Waals surface area (Å²) in [5, 5.41) is 12.3. The third-order valence-electron chi connectivity index (χ3n) is 3.78. The second-order valence-electron chi connectivity index (χ2n) is 7.64. The van der Waals surface area contributed by atoms with Crippen LogP contribution < -0.4 is 16.2 Å². The molecule has 0 fully saturated rings. The Labute approximate surface area is 188 Å². The first kappa shape index (κ1) is 30.7. The van der Waals surface area contributed by atoms with Crippen LogP contribution in [0.25, 0.3) is 0 Å². The van der Waals surface area contributed by atoms with E-state index in [0.29, 0.717) is 29.8 Å². The van der Waals surface area contributed by atoms with Crippen molar-refractivity contribution in [3.8, 4) is 0 Å². The summed E-state index contributed by atoms with van der Waals surface area (Å²) in [7, 11) is 1.68. The number of carboxylic acid groups (broad SMARTS) is 1. The molecule has 0 saturated carbocycles. The fraction of sp³-hybridized carbons (Fsp3) is 0.583. The van der Waals surface area contributed by atoms with Crippen molar-refractivity contribution in [2.24, 2.45) is 0 Å². The SMILES string of the molecule is CC.CC/C=C(C)/C(=C\C=C(C)\C(NNC)=C(\CCC)C(=O)O)NC(=O)OC(C)(C)C. The number of hydrogen-bond donors (Lipinski definition) is 4. The molecular formula is C24H43N3O4. The second kappa shape index (κ2) is 16.2. The van der Waals surface area contributed by atoms with Gasteiger partial charge in [0.05, 0.1) is 11.3 Å². The van der Waals surface area contributed by atoms with E-state index in [1.54, 1.807) is 40.0 Å². The van der Waals surface area contributed by atoms with E-state index in [1.807, 2.05) is 47.6 Å². The predicted octanol–water partition coefficient (Wildman–Crippen LogP) is 5.59. The van der Waals surface area contributed by atoms with Gasteiger partial charge in [0.1, 0.15) is 5.60 Å². The van der Waals surface area contributed by atoms with E-state index in [2.05, 4.69) is 16.2 Å². The van der Waals surface area contributed by atoms with Crippen LogP contribution in [0.2, 0.25) is 0 Å². The minimum atomic E-state index is -0.963. The molecule has 0 bridgehead atoms. The van der Waals surface area contributed by atoms with Crippen molar-refractivity contribution in [3.05, 3.63) is 46.3 Å². The minimum Gasteiger partial charge on any atom is -0.478 e. The van der Waals surface area contributed by atoms with Gasteiger partial charge in [0, 0.05) is 12.7 Å². The first-order valence-corrected chi connectivity index (χ1v) is 10.9. The highest BCUT2D eigenvalue weighted by Crippen LogP contribution is 2.18. The van der Waals surface area contributed by atoms with Gasteiger partial charge in [0.2, 0.25) is 0 Å². The first-order valence-electron chi connectivity index (χ1n) is 10.9. The molecule has 7 nitrogen and oxygen atoms in total. The summed E-state index contributed by atoms with van der Waals surface area (Å²) in [6, 6.07) is 0. The Kier molecular flexibility index (Phi) is 16.0. The average Bonchev–Trinajstić information content (AvgIpc) is 2.67. The number of ether oxygens (including phenoxy) is 1. The van der Waals surface area contributed by atoms with E-state index in [-0.39, 0.29) is 0 Å². The number of hydrazine groups is 1. The molecule has 0 heterocycles. The smallest absolute Gasteiger partial charge is 0.412 e. The lowest BCUT2D eigenvalue weighted by Crippen LogP contribution is -2.32. The maximum atomic E-state index is 12.2. The topological polar surface area (TPSA) is 99.7 Å². The lowest BCUT2D eigenvalue weighted by molar-refractivity contribution is -0.132. The van der Waals surface area contributed by atoms with E-state index in [1.165, 1.54) is 0 Å². The van der Waals surface area contributed by atoms with Crippen LogP contribution in [0.3, 0.4) is 0 Å². The van der Waals surface area contributed by atoms with Gasteiger partial charge >= 0.3 is 12.1 Å². The van der Waals surface area contributed by atoms with Crippen LogP contribution in [0.1, 0.15) is 81.6 Å². The van der Waals surface area contributed by atoms with Gasteiger partial charge in [-0.15, -0.1) is 0 Å². The van der Waals surface area contributed by atoms with E-state index in [0.717, 1.165) is 17.6 Å². The lowest BCUT2D eigenvalue weighted by Gasteiger charge is -2.20. The van der Waals surface area contributed by atoms with Crippen LogP contribution in [0.15, 0.2) is 46.3 Å². The van der Waals surface area contributed by atoms with Crippen molar-refractivity contribution in [2.75, 3.05) is 7.05 Å². The molecule has 0 aromatic carbocycles. The van der Waals surface area contributed by atoms with Gasteiger partial charge in [-0.3, -0.25) is 5.32 Å². The summed E-state index contributed by atoms with van der Waals surface area (Å²) in [4.78, 5) is 23.9. The first-order chi connectivity index (χ1) is 14.5. The van der Waals surface area contributed by atoms with Gasteiger partial charge in [-0.2, -0.15) is 0 Å². The fourth-order valence-electron chi connectivity index (χ4n) is 2.52. The molecule has 0 aromatic rings. The van der Waals surface area contributed by atoms with E-state index < -0.39 is 17.7 Å². The van der Waals surface area contributed by atoms with Crippen LogP contribution in [-0.4, -0.2) is 29.8 Å². The van der Waals surface area contributed by atoms with Crippen LogP contribution in [0, 0.1) is 0 Å². The van der Waals surface area contributed by atoms with Gasteiger partial charge in [0.25, 0.3) is 0 Å². The van der Waals surface area contributed by atoms with Crippen molar-refractivity contribution in [1.82, 2.24) is 16.2 Å². The molecule has 1 amide bonds. The Balaban J connectivity index is 0. The molecule has 0 spiro atoms. The number of amides is 1. The molecule has 0 atom stereocenters. The maximum absolute atomic E-state index is 12.2. The molecule has 178 valence electrons. The number of nitrogens with one attached hydrogen (secondary N) is 3. The van der Waals surface area contributed by atoms with Crippen LogP contribution >= 0.6 is 0 Å². The summed E-state index contributed by atoms with van der Waals surface area (Å²) in [6.07, 6.45) is 6.94. The molecule has 0 unspecified atom stereocenters. The summed E-state index contributed by atoms with van der Waals surface area (Å²) in [5.41, 5.74) is 8.12. The molecule has 0 saturated heterocycles. The minimum absolute atomic E-state index is 0.298. The van der Waals surface area contributed by atoms with Crippen molar-refractivity contribution in [2.45, 2.75) is 87.2 Å². The number of carbonyl (C=O) groups excluding carboxylic acids is 1. The number of hydrogen-bond acceptors (Lipinski definition) is 5. The van der Waals surface area contributed by atoms with Gasteiger partial charge in [-0.1, -0.05) is 46.3 Å². The highest BCUT2D eigenvalue weighted by Gasteiger charge is 2.18. The van der Waals surface area contributed by atoms with Gasteiger partial charge < -0.3 is 15.3 Å². The van der Waals surface area contributed by atoms with Crippen LogP contribution in [-0.2, 0) is 9.53 Å². The fourth-order valence-corrected chi connectivity index (χ4v) is 2.52. The Morgan fingerprint density at radius 3 is 2.03 bits per heavy atom. The molecule has 0 radical (unpaired) electrons. The standard InChI is InChI=1S/C22H37N3O4.C2H6/c1-9-11-15(3)18(24-21(28)29-22(5,6)7)14-13-16(4)19(25-23-8)17(12-10-2)20(26)27;1-2/h11,13-14,23,25H,9-10,12H2,1-8H3,(H,24,28)(H,26,27);1-2H3/b15-11+,16-13+,18-14+,19-17+;. The summed E-state index contributed by atoms with van der Waals surface area (Å²) < 4.78 is 5.34. The van der Waals surface area contributed by atoms with Gasteiger partial charge in [-0.25, -0.2) is 15.0 Å². The molecular weight excluding hydrogens is 394 g/mol. The quantitative estimate of drug-likeness (QED) is 0.202. The Morgan fingerprint density at radius 2 is 1.61 bits per heavy atom. The second-order valence-corrected chi connectivity index (χ2v) is 7.64. The van der Waals surface area contributed by atoms with Crippen LogP contribution in [0.5, 0.6) is 0 Å². The lowest BCUT2D eigenvalue weighted by atomic mass is 10.0. The van der Waals surface area contributed by atoms with Crippen LogP contribution in [0.4, 0.5) is 4.79 Å². The number of rotatable bonds is 10. The zero-order valence-electron chi connectivity index (χ0n) is 21.0. The van der Waals surface area contributed by atoms with Crippen molar-refractivity contribution >= 4 is 12.1 Å². The number of aliphatic carboxylic acids is 1. The molecule has 0 aliphatic heterocycles. The monoisotopic (exact) mass is 437 g/mol. The van der Waals surface area contributed by atoms with Gasteiger partial charge in [-0.05, 0) is 64.7 Å². The largest absolute Gasteiger partial charge is 0.478 e. The molecule has 0 aliphatic rings. The van der Waals surface area contributed by atoms with E-state index in [4.69, 9.17) is 4.74 Å². The molecule has 4 N–H and O–H groups in total. The third-order valence-corrected chi connectivity index (χ3v) is 3.78. The van der Waals surface area contributed by atoms with Crippen molar-refractivity contribution < 1.29 is 19.4 Å². The highest BCUT2D eigenvalue weighted by molar-refractivity contribution is 5.88. The summed E-state index contributed by atoms with van der Waals surface area (Å²) in [5.74, 6) is -0.963. The normalized spacial score (nSPS) is 13.5. The van der Waals surface area contributed by atoms with Gasteiger partial charge in [0.15, 0.2) is 0 Å². The number of allylic oxidation sites excluding steroid dienone is 5. The average molecular weight is 438 g/mol. The zero-order chi connectivity index (χ0) is 24.6. The highest BCUT2D eigenvalue weighted by atomic mass is 16.6. The van der Waals surface area contributed by atoms with Crippen molar-refractivity contribution in [1.29, 1.82) is 0 Å². The third kappa shape index (κ3) is 13.4. The molecule has 0 rings (SSSR count). The molecule has 0 aliphatic carbocycles. The number of alkyl carbamates (subject to hydrolysis) is 1. The summed E-state index contributed by atoms with van der Waals surface area (Å²) in [6.45, 7) is 17.1. The number of carboxylic acids is 1. The molecule has 0 aromatic heterocycles. The number of carbonyl (C=O) groups is 2. The van der Waals surface area contributed by atoms with Crippen molar-refractivity contribution in [3.63, 3.8) is 0 Å². The Morgan fingerprint density at radius 1 is 1.03 bits per heavy atom. The summed E-state index contributed by atoms with van der Waals surface area (Å²) >= 11 is 0. The Bertz CT molecular complexity index is 696. The Hall–Kier alpha value is -2.54. The van der Waals surface area contributed by atoms with E-state index in [9.17, 15) is 14.7 Å². The maximum Gasteiger partial charge on any atom is 0.412 e. The predicted molar refractivity (Wildman–Crippen MR) is 128 cm³/mol. The van der Waals surface area contributed by atoms with E-state index >= 15 is 0 Å². The zero-order valence-corrected chi connectivity index (χ0v) is 21.0. The molecule has 31 heavy (non-hydrogen) atoms.